The fourth-order valence-electron chi connectivity index (χ4n) is 5.20. The van der Waals surface area contributed by atoms with Crippen molar-refractivity contribution in [1.29, 1.82) is 0 Å². The molecule has 14 heteroatoms. The summed E-state index contributed by atoms with van der Waals surface area (Å²) in [5.74, 6) is -0.00493. The first kappa shape index (κ1) is 27.1. The second kappa shape index (κ2) is 10.3. The minimum atomic E-state index is -4.57. The van der Waals surface area contributed by atoms with Gasteiger partial charge >= 0.3 is 6.18 Å². The van der Waals surface area contributed by atoms with Crippen molar-refractivity contribution in [3.05, 3.63) is 47.1 Å². The van der Waals surface area contributed by atoms with E-state index in [1.54, 1.807) is 21.9 Å². The van der Waals surface area contributed by atoms with E-state index in [0.29, 0.717) is 31.6 Å². The van der Waals surface area contributed by atoms with E-state index in [1.165, 1.54) is 16.4 Å². The molecule has 0 radical (unpaired) electrons. The van der Waals surface area contributed by atoms with Crippen LogP contribution in [0.1, 0.15) is 18.4 Å². The number of aliphatic hydroxyl groups is 1. The Balaban J connectivity index is 1.23. The number of pyridine rings is 1. The zero-order valence-corrected chi connectivity index (χ0v) is 21.9. The van der Waals surface area contributed by atoms with Crippen LogP contribution in [-0.4, -0.2) is 91.6 Å². The number of sulfonamides is 1. The first-order chi connectivity index (χ1) is 17.9. The van der Waals surface area contributed by atoms with Crippen LogP contribution in [0.3, 0.4) is 0 Å². The molecular formula is C24H27ClF3N5O4S. The van der Waals surface area contributed by atoms with Crippen molar-refractivity contribution < 1.29 is 31.5 Å². The highest BCUT2D eigenvalue weighted by Crippen LogP contribution is 2.33. The third kappa shape index (κ3) is 5.48. The Hall–Kier alpha value is -2.45. The molecule has 0 aliphatic carbocycles. The highest BCUT2D eigenvalue weighted by molar-refractivity contribution is 7.89. The van der Waals surface area contributed by atoms with Gasteiger partial charge in [0.2, 0.25) is 15.9 Å². The lowest BCUT2D eigenvalue weighted by atomic mass is 10.2. The molecule has 1 N–H and O–H groups in total. The average molecular weight is 574 g/mol. The van der Waals surface area contributed by atoms with E-state index < -0.39 is 21.8 Å². The monoisotopic (exact) mass is 573 g/mol. The lowest BCUT2D eigenvalue weighted by Gasteiger charge is -2.35. The molecule has 5 rings (SSSR count). The number of carbonyl (C=O) groups is 1. The third-order valence-electron chi connectivity index (χ3n) is 7.27. The molecule has 0 spiro atoms. The van der Waals surface area contributed by atoms with Gasteiger partial charge in [0.25, 0.3) is 0 Å². The van der Waals surface area contributed by atoms with E-state index in [1.807, 2.05) is 0 Å². The Bertz CT molecular complexity index is 1300. The van der Waals surface area contributed by atoms with Gasteiger partial charge in [0.1, 0.15) is 11.0 Å². The molecule has 0 saturated carbocycles. The van der Waals surface area contributed by atoms with Crippen molar-refractivity contribution in [1.82, 2.24) is 14.2 Å². The Labute approximate surface area is 223 Å². The molecule has 2 atom stereocenters. The zero-order chi connectivity index (χ0) is 27.2. The molecule has 1 aromatic carbocycles. The van der Waals surface area contributed by atoms with E-state index in [4.69, 9.17) is 11.6 Å². The number of piperazine rings is 1. The molecule has 4 heterocycles. The van der Waals surface area contributed by atoms with E-state index in [-0.39, 0.29) is 60.1 Å². The molecule has 3 fully saturated rings. The van der Waals surface area contributed by atoms with Crippen LogP contribution in [0.4, 0.5) is 24.7 Å². The fourth-order valence-corrected chi connectivity index (χ4v) is 6.82. The highest BCUT2D eigenvalue weighted by atomic mass is 35.5. The molecule has 3 saturated heterocycles. The summed E-state index contributed by atoms with van der Waals surface area (Å²) >= 11 is 5.79. The minimum Gasteiger partial charge on any atom is -0.392 e. The summed E-state index contributed by atoms with van der Waals surface area (Å²) in [5, 5.41) is 9.51. The van der Waals surface area contributed by atoms with Crippen molar-refractivity contribution in [2.45, 2.75) is 36.1 Å². The van der Waals surface area contributed by atoms with Gasteiger partial charge in [0.15, 0.2) is 0 Å². The normalized spacial score (nSPS) is 24.0. The second-order valence-corrected chi connectivity index (χ2v) is 12.0. The summed E-state index contributed by atoms with van der Waals surface area (Å²) in [6.07, 6.45) is -3.90. The summed E-state index contributed by atoms with van der Waals surface area (Å²) in [4.78, 5) is 22.0. The number of nitrogens with zero attached hydrogens (tertiary/aromatic N) is 5. The number of hydrogen-bond donors (Lipinski definition) is 1. The number of anilines is 2. The minimum absolute atomic E-state index is 0.0144. The average Bonchev–Trinajstić information content (AvgIpc) is 3.48. The van der Waals surface area contributed by atoms with Gasteiger partial charge in [-0.1, -0.05) is 11.6 Å². The van der Waals surface area contributed by atoms with Crippen LogP contribution >= 0.6 is 11.6 Å². The molecular weight excluding hydrogens is 547 g/mol. The third-order valence-corrected chi connectivity index (χ3v) is 9.38. The lowest BCUT2D eigenvalue weighted by Crippen LogP contribution is -2.49. The molecule has 38 heavy (non-hydrogen) atoms. The van der Waals surface area contributed by atoms with E-state index in [0.717, 1.165) is 18.7 Å². The number of likely N-dealkylation sites (tertiary alicyclic amines) is 1. The number of benzene rings is 1. The molecule has 3 aliphatic heterocycles. The molecule has 2 aromatic rings. The Kier molecular flexibility index (Phi) is 7.33. The number of aliphatic hydroxyl groups excluding tert-OH is 1. The van der Waals surface area contributed by atoms with Crippen LogP contribution in [0.25, 0.3) is 0 Å². The molecule has 9 nitrogen and oxygen atoms in total. The number of halogens is 4. The van der Waals surface area contributed by atoms with Crippen molar-refractivity contribution in [2.75, 3.05) is 55.6 Å². The van der Waals surface area contributed by atoms with E-state index >= 15 is 0 Å². The number of alkyl halides is 3. The van der Waals surface area contributed by atoms with Gasteiger partial charge < -0.3 is 14.9 Å². The Morgan fingerprint density at radius 3 is 2.29 bits per heavy atom. The molecule has 1 amide bonds. The molecule has 3 aliphatic rings. The number of rotatable bonds is 5. The van der Waals surface area contributed by atoms with Gasteiger partial charge in [0, 0.05) is 64.0 Å². The summed E-state index contributed by atoms with van der Waals surface area (Å²) in [7, 11) is -3.85. The van der Waals surface area contributed by atoms with Crippen LogP contribution in [-0.2, 0) is 21.0 Å². The standard InChI is InChI=1S/C24H27ClF3N5O4S/c25-21-11-16(24(26,27)28)12-22(29-21)30-7-9-32(10-8-30)38(36,37)20-3-1-17(2-4-20)33-14-18(13-23(33)35)31-6-5-19(34)15-31/h1-4,11-12,18-19,34H,5-10,13-15H2/t18?,19-/m0/s1. The molecule has 1 aromatic heterocycles. The Morgan fingerprint density at radius 2 is 1.68 bits per heavy atom. The number of β-amino-alcohol motifs (C(OH)–C–C–N with tert-alkyl or cyclic N) is 1. The second-order valence-electron chi connectivity index (χ2n) is 9.72. The smallest absolute Gasteiger partial charge is 0.392 e. The summed E-state index contributed by atoms with van der Waals surface area (Å²) in [6, 6.07) is 7.82. The predicted octanol–water partition coefficient (Wildman–Crippen LogP) is 2.44. The SMILES string of the molecule is O=C1CC(N2CC[C@H](O)C2)CN1c1ccc(S(=O)(=O)N2CCN(c3cc(C(F)(F)F)cc(Cl)n3)CC2)cc1. The van der Waals surface area contributed by atoms with Gasteiger partial charge in [-0.05, 0) is 42.8 Å². The topological polar surface area (TPSA) is 97.3 Å². The van der Waals surface area contributed by atoms with Gasteiger partial charge in [-0.2, -0.15) is 17.5 Å². The van der Waals surface area contributed by atoms with Crippen LogP contribution in [0.2, 0.25) is 5.15 Å². The summed E-state index contributed by atoms with van der Waals surface area (Å²) in [5.41, 5.74) is -0.308. The van der Waals surface area contributed by atoms with E-state index in [2.05, 4.69) is 9.88 Å². The van der Waals surface area contributed by atoms with Crippen molar-refractivity contribution in [3.8, 4) is 0 Å². The van der Waals surface area contributed by atoms with E-state index in [9.17, 15) is 31.5 Å². The first-order valence-corrected chi connectivity index (χ1v) is 14.1. The van der Waals surface area contributed by atoms with Gasteiger partial charge in [0.05, 0.1) is 16.6 Å². The van der Waals surface area contributed by atoms with Crippen LogP contribution in [0.15, 0.2) is 41.3 Å². The van der Waals surface area contributed by atoms with Crippen molar-refractivity contribution >= 4 is 39.0 Å². The molecule has 1 unspecified atom stereocenters. The zero-order valence-electron chi connectivity index (χ0n) is 20.3. The van der Waals surface area contributed by atoms with Gasteiger partial charge in [-0.15, -0.1) is 0 Å². The maximum absolute atomic E-state index is 13.2. The summed E-state index contributed by atoms with van der Waals surface area (Å²) < 4.78 is 67.2. The predicted molar refractivity (Wildman–Crippen MR) is 135 cm³/mol. The number of amides is 1. The lowest BCUT2D eigenvalue weighted by molar-refractivity contribution is -0.137. The summed E-state index contributed by atoms with van der Waals surface area (Å²) in [6.45, 7) is 2.20. The number of aromatic nitrogens is 1. The van der Waals surface area contributed by atoms with Crippen molar-refractivity contribution in [2.24, 2.45) is 0 Å². The largest absolute Gasteiger partial charge is 0.416 e. The first-order valence-electron chi connectivity index (χ1n) is 12.2. The maximum atomic E-state index is 13.2. The van der Waals surface area contributed by atoms with Crippen LogP contribution in [0, 0.1) is 0 Å². The van der Waals surface area contributed by atoms with Crippen LogP contribution in [0.5, 0.6) is 0 Å². The number of hydrogen-bond acceptors (Lipinski definition) is 7. The van der Waals surface area contributed by atoms with Crippen molar-refractivity contribution in [3.63, 3.8) is 0 Å². The van der Waals surface area contributed by atoms with Crippen LogP contribution < -0.4 is 9.80 Å². The number of carbonyl (C=O) groups excluding carboxylic acids is 1. The fraction of sp³-hybridized carbons (Fsp3) is 0.500. The van der Waals surface area contributed by atoms with Gasteiger partial charge in [-0.3, -0.25) is 9.69 Å². The quantitative estimate of drug-likeness (QED) is 0.549. The maximum Gasteiger partial charge on any atom is 0.416 e. The van der Waals surface area contributed by atoms with Gasteiger partial charge in [-0.25, -0.2) is 13.4 Å². The Morgan fingerprint density at radius 1 is 1.00 bits per heavy atom. The highest BCUT2D eigenvalue weighted by Gasteiger charge is 2.38. The molecule has 206 valence electrons. The molecule has 0 bridgehead atoms.